The number of nitrogens with one attached hydrogen (secondary N) is 1. The number of hydrogen-bond acceptors (Lipinski definition) is 3. The van der Waals surface area contributed by atoms with Gasteiger partial charge in [0, 0.05) is 37.5 Å². The highest BCUT2D eigenvalue weighted by atomic mass is 16.5. The van der Waals surface area contributed by atoms with Crippen molar-refractivity contribution in [3.05, 3.63) is 18.2 Å². The van der Waals surface area contributed by atoms with E-state index >= 15 is 0 Å². The number of aromatic nitrogens is 2. The maximum absolute atomic E-state index is 5.95. The van der Waals surface area contributed by atoms with Gasteiger partial charge in [-0.1, -0.05) is 12.8 Å². The summed E-state index contributed by atoms with van der Waals surface area (Å²) in [5.41, 5.74) is 0.418. The lowest BCUT2D eigenvalue weighted by Crippen LogP contribution is -2.62. The monoisotopic (exact) mass is 263 g/mol. The van der Waals surface area contributed by atoms with Crippen LogP contribution in [0.3, 0.4) is 0 Å². The van der Waals surface area contributed by atoms with Crippen LogP contribution < -0.4 is 5.32 Å². The van der Waals surface area contributed by atoms with Crippen molar-refractivity contribution in [2.45, 2.75) is 57.7 Å². The zero-order valence-corrected chi connectivity index (χ0v) is 12.1. The van der Waals surface area contributed by atoms with Crippen molar-refractivity contribution in [1.82, 2.24) is 14.9 Å². The van der Waals surface area contributed by atoms with Crippen LogP contribution in [-0.2, 0) is 18.3 Å². The molecule has 2 saturated carbocycles. The summed E-state index contributed by atoms with van der Waals surface area (Å²) < 4.78 is 8.04. The quantitative estimate of drug-likeness (QED) is 0.885. The van der Waals surface area contributed by atoms with Gasteiger partial charge >= 0.3 is 0 Å². The maximum atomic E-state index is 5.95. The summed E-state index contributed by atoms with van der Waals surface area (Å²) in [4.78, 5) is 4.39. The van der Waals surface area contributed by atoms with Crippen molar-refractivity contribution >= 4 is 0 Å². The third-order valence-corrected chi connectivity index (χ3v) is 5.11. The van der Waals surface area contributed by atoms with Gasteiger partial charge in [0.25, 0.3) is 0 Å². The predicted octanol–water partition coefficient (Wildman–Crippen LogP) is 2.25. The Bertz CT molecular complexity index is 423. The number of aryl methyl sites for hydroxylation is 1. The van der Waals surface area contributed by atoms with Crippen molar-refractivity contribution in [3.63, 3.8) is 0 Å². The SMILES string of the molecule is CCOC1CC(NCc2nccn2C)C12CCCC2. The first-order valence-corrected chi connectivity index (χ1v) is 7.57. The Kier molecular flexibility index (Phi) is 3.63. The summed E-state index contributed by atoms with van der Waals surface area (Å²) in [5, 5.41) is 3.72. The third kappa shape index (κ3) is 2.21. The average Bonchev–Trinajstić information content (AvgIpc) is 3.03. The Morgan fingerprint density at radius 1 is 1.47 bits per heavy atom. The Labute approximate surface area is 115 Å². The second-order valence-corrected chi connectivity index (χ2v) is 6.01. The molecule has 0 aromatic carbocycles. The molecule has 1 N–H and O–H groups in total. The molecule has 3 rings (SSSR count). The van der Waals surface area contributed by atoms with Crippen molar-refractivity contribution < 1.29 is 4.74 Å². The van der Waals surface area contributed by atoms with E-state index < -0.39 is 0 Å². The second kappa shape index (κ2) is 5.25. The largest absolute Gasteiger partial charge is 0.378 e. The Hall–Kier alpha value is -0.870. The lowest BCUT2D eigenvalue weighted by atomic mass is 9.60. The van der Waals surface area contributed by atoms with Crippen molar-refractivity contribution in [1.29, 1.82) is 0 Å². The van der Waals surface area contributed by atoms with Crippen molar-refractivity contribution in [2.75, 3.05) is 6.61 Å². The molecule has 19 heavy (non-hydrogen) atoms. The Morgan fingerprint density at radius 2 is 2.26 bits per heavy atom. The van der Waals surface area contributed by atoms with E-state index in [2.05, 4.69) is 28.8 Å². The first kappa shape index (κ1) is 13.1. The highest BCUT2D eigenvalue weighted by molar-refractivity contribution is 5.10. The van der Waals surface area contributed by atoms with Gasteiger partial charge in [-0.2, -0.15) is 0 Å². The topological polar surface area (TPSA) is 39.1 Å². The summed E-state index contributed by atoms with van der Waals surface area (Å²) in [6.45, 7) is 3.82. The molecule has 0 aliphatic heterocycles. The number of hydrogen-bond donors (Lipinski definition) is 1. The predicted molar refractivity (Wildman–Crippen MR) is 74.8 cm³/mol. The van der Waals surface area contributed by atoms with Gasteiger partial charge in [0.1, 0.15) is 5.82 Å². The molecule has 1 aromatic heterocycles. The van der Waals surface area contributed by atoms with E-state index in [0.29, 0.717) is 17.6 Å². The molecule has 0 bridgehead atoms. The van der Waals surface area contributed by atoms with E-state index in [4.69, 9.17) is 4.74 Å². The molecule has 4 nitrogen and oxygen atoms in total. The number of ether oxygens (including phenoxy) is 1. The van der Waals surface area contributed by atoms with Crippen LogP contribution in [0.1, 0.15) is 44.9 Å². The zero-order chi connectivity index (χ0) is 13.3. The third-order valence-electron chi connectivity index (χ3n) is 5.11. The van der Waals surface area contributed by atoms with Crippen LogP contribution in [-0.4, -0.2) is 28.3 Å². The molecular formula is C15H25N3O. The minimum Gasteiger partial charge on any atom is -0.378 e. The fourth-order valence-electron chi connectivity index (χ4n) is 3.95. The summed E-state index contributed by atoms with van der Waals surface area (Å²) in [6, 6.07) is 0.614. The van der Waals surface area contributed by atoms with Gasteiger partial charge in [-0.05, 0) is 26.2 Å². The van der Waals surface area contributed by atoms with E-state index in [0.717, 1.165) is 25.4 Å². The van der Waals surface area contributed by atoms with Crippen LogP contribution in [0.25, 0.3) is 0 Å². The van der Waals surface area contributed by atoms with Crippen LogP contribution in [0.15, 0.2) is 12.4 Å². The molecule has 1 heterocycles. The molecule has 4 heteroatoms. The molecule has 2 fully saturated rings. The Morgan fingerprint density at radius 3 is 2.89 bits per heavy atom. The van der Waals surface area contributed by atoms with Gasteiger partial charge in [-0.25, -0.2) is 4.98 Å². The van der Waals surface area contributed by atoms with Crippen LogP contribution in [0.5, 0.6) is 0 Å². The molecule has 2 aliphatic carbocycles. The molecule has 106 valence electrons. The lowest BCUT2D eigenvalue weighted by molar-refractivity contribution is -0.130. The first-order chi connectivity index (χ1) is 9.26. The highest BCUT2D eigenvalue weighted by Gasteiger charge is 2.56. The standard InChI is InChI=1S/C15H25N3O/c1-3-19-13-10-12(15(13)6-4-5-7-15)17-11-14-16-8-9-18(14)2/h8-9,12-13,17H,3-7,10-11H2,1-2H3. The van der Waals surface area contributed by atoms with Gasteiger partial charge < -0.3 is 14.6 Å². The maximum Gasteiger partial charge on any atom is 0.122 e. The second-order valence-electron chi connectivity index (χ2n) is 6.01. The van der Waals surface area contributed by atoms with Crippen LogP contribution >= 0.6 is 0 Å². The first-order valence-electron chi connectivity index (χ1n) is 7.57. The summed E-state index contributed by atoms with van der Waals surface area (Å²) in [5.74, 6) is 1.12. The molecule has 2 aliphatic rings. The lowest BCUT2D eigenvalue weighted by Gasteiger charge is -2.54. The van der Waals surface area contributed by atoms with E-state index in [-0.39, 0.29) is 0 Å². The minimum absolute atomic E-state index is 0.418. The van der Waals surface area contributed by atoms with Crippen LogP contribution in [0.2, 0.25) is 0 Å². The molecule has 1 spiro atoms. The van der Waals surface area contributed by atoms with E-state index in [9.17, 15) is 0 Å². The van der Waals surface area contributed by atoms with Crippen LogP contribution in [0, 0.1) is 5.41 Å². The molecule has 0 saturated heterocycles. The Balaban J connectivity index is 1.61. The molecular weight excluding hydrogens is 238 g/mol. The van der Waals surface area contributed by atoms with E-state index in [1.54, 1.807) is 0 Å². The van der Waals surface area contributed by atoms with Gasteiger partial charge in [0.05, 0.1) is 12.6 Å². The number of rotatable bonds is 5. The van der Waals surface area contributed by atoms with Crippen molar-refractivity contribution in [2.24, 2.45) is 12.5 Å². The normalized spacial score (nSPS) is 28.7. The van der Waals surface area contributed by atoms with Gasteiger partial charge in [0.15, 0.2) is 0 Å². The number of nitrogens with zero attached hydrogens (tertiary/aromatic N) is 2. The van der Waals surface area contributed by atoms with Gasteiger partial charge in [-0.3, -0.25) is 0 Å². The van der Waals surface area contributed by atoms with Gasteiger partial charge in [-0.15, -0.1) is 0 Å². The smallest absolute Gasteiger partial charge is 0.122 e. The van der Waals surface area contributed by atoms with E-state index in [1.165, 1.54) is 25.7 Å². The molecule has 2 atom stereocenters. The van der Waals surface area contributed by atoms with Crippen molar-refractivity contribution in [3.8, 4) is 0 Å². The molecule has 0 radical (unpaired) electrons. The van der Waals surface area contributed by atoms with Crippen LogP contribution in [0.4, 0.5) is 0 Å². The fourth-order valence-corrected chi connectivity index (χ4v) is 3.95. The van der Waals surface area contributed by atoms with Gasteiger partial charge in [0.2, 0.25) is 0 Å². The molecule has 2 unspecified atom stereocenters. The summed E-state index contributed by atoms with van der Waals surface area (Å²) >= 11 is 0. The summed E-state index contributed by atoms with van der Waals surface area (Å²) in [6.07, 6.45) is 10.9. The average molecular weight is 263 g/mol. The highest BCUT2D eigenvalue weighted by Crippen LogP contribution is 2.54. The van der Waals surface area contributed by atoms with E-state index in [1.807, 2.05) is 12.4 Å². The molecule has 1 aromatic rings. The number of imidazole rings is 1. The summed E-state index contributed by atoms with van der Waals surface area (Å²) in [7, 11) is 2.05. The molecule has 0 amide bonds. The zero-order valence-electron chi connectivity index (χ0n) is 12.1. The minimum atomic E-state index is 0.418. The fraction of sp³-hybridized carbons (Fsp3) is 0.800.